The molecule has 1 aliphatic heterocycles. The molecule has 6 nitrogen and oxygen atoms in total. The van der Waals surface area contributed by atoms with Crippen LogP contribution in [0.15, 0.2) is 59.6 Å². The molecule has 1 atom stereocenters. The third kappa shape index (κ3) is 6.04. The summed E-state index contributed by atoms with van der Waals surface area (Å²) < 4.78 is 17.5. The summed E-state index contributed by atoms with van der Waals surface area (Å²) in [4.78, 5) is 6.72. The molecule has 1 saturated heterocycles. The van der Waals surface area contributed by atoms with Crippen LogP contribution in [0, 0.1) is 0 Å². The van der Waals surface area contributed by atoms with Gasteiger partial charge in [0.2, 0.25) is 0 Å². The van der Waals surface area contributed by atoms with Crippen molar-refractivity contribution < 1.29 is 14.2 Å². The minimum absolute atomic E-state index is 0.0259. The Hall–Kier alpha value is -2.89. The maximum atomic E-state index is 6.08. The maximum absolute atomic E-state index is 6.08. The van der Waals surface area contributed by atoms with E-state index in [9.17, 15) is 0 Å². The van der Waals surface area contributed by atoms with Gasteiger partial charge in [0.1, 0.15) is 18.0 Å². The lowest BCUT2D eigenvalue weighted by Crippen LogP contribution is -2.49. The number of hydrogen-bond donors (Lipinski definition) is 1. The number of ether oxygens (including phenoxy) is 3. The average Bonchev–Trinajstić information content (AvgIpc) is 2.76. The summed E-state index contributed by atoms with van der Waals surface area (Å²) in [6, 6.07) is 17.7. The second-order valence-electron chi connectivity index (χ2n) is 7.12. The fourth-order valence-electron chi connectivity index (χ4n) is 3.42. The van der Waals surface area contributed by atoms with Gasteiger partial charge in [-0.1, -0.05) is 30.3 Å². The molecule has 1 fully saturated rings. The van der Waals surface area contributed by atoms with Crippen LogP contribution in [0.1, 0.15) is 19.8 Å². The average molecular weight is 398 g/mol. The molecule has 0 amide bonds. The van der Waals surface area contributed by atoms with E-state index in [1.165, 1.54) is 0 Å². The number of likely N-dealkylation sites (tertiary alicyclic amines) is 1. The summed E-state index contributed by atoms with van der Waals surface area (Å²) in [5, 5.41) is 3.43. The number of aliphatic imine (C=N–C) groups is 1. The fourth-order valence-corrected chi connectivity index (χ4v) is 3.42. The van der Waals surface area contributed by atoms with Gasteiger partial charge in [-0.15, -0.1) is 0 Å². The smallest absolute Gasteiger partial charge is 0.193 e. The molecule has 0 radical (unpaired) electrons. The van der Waals surface area contributed by atoms with Crippen molar-refractivity contribution >= 4 is 5.96 Å². The predicted molar refractivity (Wildman–Crippen MR) is 116 cm³/mol. The summed E-state index contributed by atoms with van der Waals surface area (Å²) in [6.07, 6.45) is 2.17. The molecule has 0 saturated carbocycles. The van der Waals surface area contributed by atoms with Crippen molar-refractivity contribution in [2.75, 3.05) is 33.8 Å². The van der Waals surface area contributed by atoms with E-state index in [-0.39, 0.29) is 12.2 Å². The highest BCUT2D eigenvalue weighted by Crippen LogP contribution is 2.26. The summed E-state index contributed by atoms with van der Waals surface area (Å²) >= 11 is 0. The Balaban J connectivity index is 1.44. The number of guanidine groups is 1. The molecule has 0 aromatic heterocycles. The Labute approximate surface area is 173 Å². The van der Waals surface area contributed by atoms with E-state index < -0.39 is 0 Å². The molecule has 1 aliphatic rings. The molecule has 0 aliphatic carbocycles. The van der Waals surface area contributed by atoms with Gasteiger partial charge in [-0.25, -0.2) is 0 Å². The molecule has 3 rings (SSSR count). The predicted octanol–water partition coefficient (Wildman–Crippen LogP) is 3.58. The molecule has 2 aromatic rings. The van der Waals surface area contributed by atoms with E-state index in [0.29, 0.717) is 6.54 Å². The van der Waals surface area contributed by atoms with Crippen LogP contribution in [-0.4, -0.2) is 56.9 Å². The molecule has 1 heterocycles. The summed E-state index contributed by atoms with van der Waals surface area (Å²) in [7, 11) is 3.47. The number of hydrogen-bond acceptors (Lipinski definition) is 4. The van der Waals surface area contributed by atoms with E-state index >= 15 is 0 Å². The monoisotopic (exact) mass is 397 g/mol. The van der Waals surface area contributed by atoms with Crippen LogP contribution in [0.5, 0.6) is 17.2 Å². The largest absolute Gasteiger partial charge is 0.493 e. The molecular weight excluding hydrogens is 366 g/mol. The van der Waals surface area contributed by atoms with Gasteiger partial charge in [0.05, 0.1) is 13.7 Å². The Bertz CT molecular complexity index is 774. The Morgan fingerprint density at radius 1 is 1.07 bits per heavy atom. The Morgan fingerprint density at radius 2 is 1.72 bits per heavy atom. The zero-order valence-corrected chi connectivity index (χ0v) is 17.5. The first kappa shape index (κ1) is 20.8. The Morgan fingerprint density at radius 3 is 2.38 bits per heavy atom. The van der Waals surface area contributed by atoms with Gasteiger partial charge in [0, 0.05) is 33.0 Å². The van der Waals surface area contributed by atoms with Gasteiger partial charge in [-0.2, -0.15) is 0 Å². The molecule has 6 heteroatoms. The minimum Gasteiger partial charge on any atom is -0.493 e. The van der Waals surface area contributed by atoms with Crippen LogP contribution < -0.4 is 19.5 Å². The van der Waals surface area contributed by atoms with Crippen molar-refractivity contribution in [3.63, 3.8) is 0 Å². The summed E-state index contributed by atoms with van der Waals surface area (Å²) in [6.45, 7) is 4.52. The number of methoxy groups -OCH3 is 1. The van der Waals surface area contributed by atoms with Crippen LogP contribution in [0.25, 0.3) is 0 Å². The zero-order valence-electron chi connectivity index (χ0n) is 17.5. The molecule has 0 bridgehead atoms. The van der Waals surface area contributed by atoms with E-state index in [4.69, 9.17) is 14.2 Å². The molecule has 0 spiro atoms. The number of piperidine rings is 1. The number of rotatable bonds is 7. The van der Waals surface area contributed by atoms with Gasteiger partial charge in [0.15, 0.2) is 17.5 Å². The van der Waals surface area contributed by atoms with Gasteiger partial charge < -0.3 is 24.4 Å². The fraction of sp³-hybridized carbons (Fsp3) is 0.435. The minimum atomic E-state index is -0.0259. The molecule has 156 valence electrons. The van der Waals surface area contributed by atoms with Crippen LogP contribution in [0.2, 0.25) is 0 Å². The standard InChI is InChI=1S/C23H31N3O3/c1-18(28-22-12-8-7-11-21(22)27-3)17-25-23(24-2)26-15-13-20(14-16-26)29-19-9-5-4-6-10-19/h4-12,18,20H,13-17H2,1-3H3,(H,24,25). The van der Waals surface area contributed by atoms with Crippen molar-refractivity contribution in [3.8, 4) is 17.2 Å². The SMILES string of the molecule is CN=C(NCC(C)Oc1ccccc1OC)N1CCC(Oc2ccccc2)CC1. The van der Waals surface area contributed by atoms with Crippen molar-refractivity contribution in [1.82, 2.24) is 10.2 Å². The normalized spacial score (nSPS) is 16.2. The maximum Gasteiger partial charge on any atom is 0.193 e. The van der Waals surface area contributed by atoms with E-state index in [0.717, 1.165) is 49.1 Å². The highest BCUT2D eigenvalue weighted by Gasteiger charge is 2.23. The molecule has 29 heavy (non-hydrogen) atoms. The van der Waals surface area contributed by atoms with E-state index in [1.807, 2.05) is 68.6 Å². The van der Waals surface area contributed by atoms with Crippen LogP contribution in [-0.2, 0) is 0 Å². The van der Waals surface area contributed by atoms with E-state index in [1.54, 1.807) is 7.11 Å². The quantitative estimate of drug-likeness (QED) is 0.572. The molecule has 1 N–H and O–H groups in total. The second kappa shape index (κ2) is 10.6. The third-order valence-electron chi connectivity index (χ3n) is 4.94. The Kier molecular flexibility index (Phi) is 7.61. The van der Waals surface area contributed by atoms with Crippen LogP contribution in [0.3, 0.4) is 0 Å². The third-order valence-corrected chi connectivity index (χ3v) is 4.94. The lowest BCUT2D eigenvalue weighted by Gasteiger charge is -2.34. The lowest BCUT2D eigenvalue weighted by atomic mass is 10.1. The molecule has 2 aromatic carbocycles. The van der Waals surface area contributed by atoms with Crippen molar-refractivity contribution in [2.24, 2.45) is 4.99 Å². The zero-order chi connectivity index (χ0) is 20.5. The van der Waals surface area contributed by atoms with Crippen molar-refractivity contribution in [2.45, 2.75) is 32.0 Å². The lowest BCUT2D eigenvalue weighted by molar-refractivity contribution is 0.129. The van der Waals surface area contributed by atoms with Crippen molar-refractivity contribution in [1.29, 1.82) is 0 Å². The highest BCUT2D eigenvalue weighted by atomic mass is 16.5. The highest BCUT2D eigenvalue weighted by molar-refractivity contribution is 5.80. The topological polar surface area (TPSA) is 55.3 Å². The summed E-state index contributed by atoms with van der Waals surface area (Å²) in [5.74, 6) is 3.33. The first-order chi connectivity index (χ1) is 14.2. The summed E-state index contributed by atoms with van der Waals surface area (Å²) in [5.41, 5.74) is 0. The number of nitrogens with zero attached hydrogens (tertiary/aromatic N) is 2. The number of nitrogens with one attached hydrogen (secondary N) is 1. The van der Waals surface area contributed by atoms with Gasteiger partial charge >= 0.3 is 0 Å². The van der Waals surface area contributed by atoms with Crippen LogP contribution >= 0.6 is 0 Å². The van der Waals surface area contributed by atoms with Gasteiger partial charge in [-0.3, -0.25) is 4.99 Å². The first-order valence-corrected chi connectivity index (χ1v) is 10.2. The first-order valence-electron chi connectivity index (χ1n) is 10.2. The van der Waals surface area contributed by atoms with Gasteiger partial charge in [0.25, 0.3) is 0 Å². The second-order valence-corrected chi connectivity index (χ2v) is 7.12. The molecular formula is C23H31N3O3. The number of para-hydroxylation sites is 3. The van der Waals surface area contributed by atoms with Crippen molar-refractivity contribution in [3.05, 3.63) is 54.6 Å². The molecule has 1 unspecified atom stereocenters. The van der Waals surface area contributed by atoms with Gasteiger partial charge in [-0.05, 0) is 31.2 Å². The van der Waals surface area contributed by atoms with Crippen LogP contribution in [0.4, 0.5) is 0 Å². The van der Waals surface area contributed by atoms with E-state index in [2.05, 4.69) is 15.2 Å². The number of benzene rings is 2.